The lowest BCUT2D eigenvalue weighted by molar-refractivity contribution is 0.204. The number of hydrogen-bond donors (Lipinski definition) is 0. The van der Waals surface area contributed by atoms with Crippen molar-refractivity contribution >= 4 is 37.3 Å². The third kappa shape index (κ3) is 2.53. The molecule has 102 valence electrons. The maximum Gasteiger partial charge on any atom is 0.253 e. The third-order valence-corrected chi connectivity index (χ3v) is 8.19. The van der Waals surface area contributed by atoms with Crippen molar-refractivity contribution in [1.29, 1.82) is 0 Å². The smallest absolute Gasteiger partial charge is 0.206 e. The van der Waals surface area contributed by atoms with Crippen LogP contribution >= 0.6 is 27.3 Å². The summed E-state index contributed by atoms with van der Waals surface area (Å²) >= 11 is 4.70. The summed E-state index contributed by atoms with van der Waals surface area (Å²) in [4.78, 5) is 0. The number of aryl methyl sites for hydroxylation is 1. The van der Waals surface area contributed by atoms with Crippen molar-refractivity contribution in [3.63, 3.8) is 0 Å². The predicted octanol–water partition coefficient (Wildman–Crippen LogP) is 3.77. The van der Waals surface area contributed by atoms with Gasteiger partial charge in [-0.15, -0.1) is 11.3 Å². The second-order valence-electron chi connectivity index (χ2n) is 4.99. The first-order chi connectivity index (χ1) is 8.34. The molecular formula is C12H18BrNO2S2. The van der Waals surface area contributed by atoms with E-state index < -0.39 is 10.0 Å². The van der Waals surface area contributed by atoms with Crippen LogP contribution in [0.3, 0.4) is 0 Å². The van der Waals surface area contributed by atoms with Crippen molar-refractivity contribution in [2.24, 2.45) is 0 Å². The van der Waals surface area contributed by atoms with Crippen molar-refractivity contribution in [3.8, 4) is 0 Å². The molecule has 1 aromatic heterocycles. The van der Waals surface area contributed by atoms with Gasteiger partial charge in [-0.3, -0.25) is 0 Å². The second-order valence-corrected chi connectivity index (χ2v) is 9.43. The van der Waals surface area contributed by atoms with Gasteiger partial charge in [0.25, 0.3) is 10.0 Å². The Kier molecular flexibility index (Phi) is 4.21. The summed E-state index contributed by atoms with van der Waals surface area (Å²) < 4.78 is 28.4. The fourth-order valence-electron chi connectivity index (χ4n) is 2.53. The number of nitrogens with zero attached hydrogens (tertiary/aromatic N) is 1. The van der Waals surface area contributed by atoms with Crippen molar-refractivity contribution in [1.82, 2.24) is 4.31 Å². The number of piperidine rings is 1. The summed E-state index contributed by atoms with van der Waals surface area (Å²) in [6, 6.07) is 1.96. The monoisotopic (exact) mass is 351 g/mol. The molecule has 0 aromatic carbocycles. The van der Waals surface area contributed by atoms with E-state index in [0.29, 0.717) is 4.21 Å². The van der Waals surface area contributed by atoms with Gasteiger partial charge in [0.05, 0.1) is 3.79 Å². The van der Waals surface area contributed by atoms with Crippen LogP contribution in [0.4, 0.5) is 0 Å². The lowest BCUT2D eigenvalue weighted by atomic mass is 10.0. The molecule has 1 saturated heterocycles. The minimum absolute atomic E-state index is 0.0972. The summed E-state index contributed by atoms with van der Waals surface area (Å²) in [7, 11) is -3.34. The van der Waals surface area contributed by atoms with Gasteiger partial charge in [0.1, 0.15) is 4.21 Å². The van der Waals surface area contributed by atoms with Gasteiger partial charge in [-0.25, -0.2) is 8.42 Å². The van der Waals surface area contributed by atoms with E-state index in [0.717, 1.165) is 28.6 Å². The fraction of sp³-hybridized carbons (Fsp3) is 0.667. The molecule has 0 spiro atoms. The minimum atomic E-state index is -3.34. The molecule has 2 rings (SSSR count). The van der Waals surface area contributed by atoms with E-state index >= 15 is 0 Å². The second kappa shape index (κ2) is 5.23. The van der Waals surface area contributed by atoms with Gasteiger partial charge >= 0.3 is 0 Å². The molecule has 2 atom stereocenters. The molecule has 0 N–H and O–H groups in total. The highest BCUT2D eigenvalue weighted by Crippen LogP contribution is 2.36. The zero-order valence-corrected chi connectivity index (χ0v) is 14.0. The van der Waals surface area contributed by atoms with E-state index in [9.17, 15) is 8.42 Å². The summed E-state index contributed by atoms with van der Waals surface area (Å²) in [5.74, 6) is 0. The van der Waals surface area contributed by atoms with E-state index in [1.165, 1.54) is 11.3 Å². The fourth-order valence-corrected chi connectivity index (χ4v) is 6.75. The lowest BCUT2D eigenvalue weighted by Crippen LogP contribution is -2.47. The topological polar surface area (TPSA) is 37.4 Å². The van der Waals surface area contributed by atoms with E-state index in [-0.39, 0.29) is 12.1 Å². The Morgan fingerprint density at radius 1 is 1.33 bits per heavy atom. The summed E-state index contributed by atoms with van der Waals surface area (Å²) in [5.41, 5.74) is 0.982. The quantitative estimate of drug-likeness (QED) is 0.813. The molecule has 18 heavy (non-hydrogen) atoms. The first kappa shape index (κ1) is 14.5. The Morgan fingerprint density at radius 3 is 2.33 bits per heavy atom. The molecule has 0 aliphatic carbocycles. The van der Waals surface area contributed by atoms with E-state index in [4.69, 9.17) is 0 Å². The Hall–Kier alpha value is 0.0900. The Labute approximate surface area is 121 Å². The predicted molar refractivity (Wildman–Crippen MR) is 78.6 cm³/mol. The molecule has 1 aliphatic rings. The van der Waals surface area contributed by atoms with E-state index in [1.54, 1.807) is 10.4 Å². The molecule has 1 aromatic rings. The number of hydrogen-bond acceptors (Lipinski definition) is 3. The van der Waals surface area contributed by atoms with Gasteiger partial charge in [-0.05, 0) is 61.2 Å². The standard InChI is InChI=1S/C12H18BrNO2S2/c1-8-7-11(17-12(8)13)18(15,16)14-9(2)5-4-6-10(14)3/h7,9-10H,4-6H2,1-3H3/t9-,10+. The largest absolute Gasteiger partial charge is 0.253 e. The Morgan fingerprint density at radius 2 is 1.89 bits per heavy atom. The molecule has 3 nitrogen and oxygen atoms in total. The van der Waals surface area contributed by atoms with E-state index in [1.807, 2.05) is 20.8 Å². The van der Waals surface area contributed by atoms with Crippen LogP contribution in [-0.2, 0) is 10.0 Å². The van der Waals surface area contributed by atoms with Gasteiger partial charge < -0.3 is 0 Å². The van der Waals surface area contributed by atoms with Gasteiger partial charge in [0.2, 0.25) is 0 Å². The van der Waals surface area contributed by atoms with Crippen LogP contribution < -0.4 is 0 Å². The van der Waals surface area contributed by atoms with Crippen molar-refractivity contribution in [3.05, 3.63) is 15.4 Å². The molecule has 1 aliphatic heterocycles. The number of sulfonamides is 1. The van der Waals surface area contributed by atoms with Crippen LogP contribution in [0, 0.1) is 6.92 Å². The molecule has 0 amide bonds. The van der Waals surface area contributed by atoms with Crippen molar-refractivity contribution in [2.45, 2.75) is 56.3 Å². The molecule has 1 fully saturated rings. The van der Waals surface area contributed by atoms with Gasteiger partial charge in [0.15, 0.2) is 0 Å². The molecule has 0 unspecified atom stereocenters. The summed E-state index contributed by atoms with van der Waals surface area (Å²) in [6.45, 7) is 5.92. The van der Waals surface area contributed by atoms with Crippen LogP contribution in [0.2, 0.25) is 0 Å². The SMILES string of the molecule is Cc1cc(S(=O)(=O)N2[C@H](C)CCC[C@@H]2C)sc1Br. The third-order valence-electron chi connectivity index (χ3n) is 3.48. The number of halogens is 1. The first-order valence-electron chi connectivity index (χ1n) is 6.13. The van der Waals surface area contributed by atoms with Gasteiger partial charge in [0, 0.05) is 12.1 Å². The van der Waals surface area contributed by atoms with Crippen LogP contribution in [0.25, 0.3) is 0 Å². The zero-order chi connectivity index (χ0) is 13.5. The number of rotatable bonds is 2. The molecule has 6 heteroatoms. The van der Waals surface area contributed by atoms with Crippen molar-refractivity contribution < 1.29 is 8.42 Å². The Balaban J connectivity index is 2.41. The molecule has 0 radical (unpaired) electrons. The van der Waals surface area contributed by atoms with Gasteiger partial charge in [-0.2, -0.15) is 4.31 Å². The normalized spacial score (nSPS) is 26.4. The molecule has 2 heterocycles. The molecule has 0 saturated carbocycles. The zero-order valence-electron chi connectivity index (χ0n) is 10.8. The Bertz CT molecular complexity index is 509. The summed E-state index contributed by atoms with van der Waals surface area (Å²) in [5, 5.41) is 0. The summed E-state index contributed by atoms with van der Waals surface area (Å²) in [6.07, 6.45) is 3.02. The average molecular weight is 352 g/mol. The van der Waals surface area contributed by atoms with Crippen LogP contribution in [0.5, 0.6) is 0 Å². The minimum Gasteiger partial charge on any atom is -0.206 e. The van der Waals surface area contributed by atoms with Crippen LogP contribution in [0.15, 0.2) is 14.1 Å². The van der Waals surface area contributed by atoms with E-state index in [2.05, 4.69) is 15.9 Å². The van der Waals surface area contributed by atoms with Crippen LogP contribution in [-0.4, -0.2) is 24.8 Å². The maximum absolute atomic E-state index is 12.7. The molecule has 0 bridgehead atoms. The highest BCUT2D eigenvalue weighted by atomic mass is 79.9. The van der Waals surface area contributed by atoms with Crippen LogP contribution in [0.1, 0.15) is 38.7 Å². The number of thiophene rings is 1. The molecular weight excluding hydrogens is 334 g/mol. The average Bonchev–Trinajstić information content (AvgIpc) is 2.59. The highest BCUT2D eigenvalue weighted by molar-refractivity contribution is 9.11. The lowest BCUT2D eigenvalue weighted by Gasteiger charge is -2.37. The highest BCUT2D eigenvalue weighted by Gasteiger charge is 2.36. The van der Waals surface area contributed by atoms with Crippen molar-refractivity contribution in [2.75, 3.05) is 0 Å². The maximum atomic E-state index is 12.7. The van der Waals surface area contributed by atoms with Gasteiger partial charge in [-0.1, -0.05) is 6.42 Å². The first-order valence-corrected chi connectivity index (χ1v) is 9.18.